The van der Waals surface area contributed by atoms with E-state index in [-0.39, 0.29) is 11.7 Å². The summed E-state index contributed by atoms with van der Waals surface area (Å²) < 4.78 is 13.2. The van der Waals surface area contributed by atoms with E-state index in [0.29, 0.717) is 30.1 Å². The van der Waals surface area contributed by atoms with E-state index in [4.69, 9.17) is 5.73 Å². The SMILES string of the molecule is NCC1CC2CCC(C1)N2C(=O)c1cccc(F)c1. The van der Waals surface area contributed by atoms with Crippen molar-refractivity contribution >= 4 is 5.91 Å². The van der Waals surface area contributed by atoms with Crippen LogP contribution in [0.4, 0.5) is 4.39 Å². The highest BCUT2D eigenvalue weighted by molar-refractivity contribution is 5.94. The van der Waals surface area contributed by atoms with Gasteiger partial charge in [0.1, 0.15) is 5.82 Å². The summed E-state index contributed by atoms with van der Waals surface area (Å²) >= 11 is 0. The molecule has 0 aliphatic carbocycles. The Bertz CT molecular complexity index is 477. The first-order chi connectivity index (χ1) is 9.19. The molecule has 0 aromatic heterocycles. The lowest BCUT2D eigenvalue weighted by molar-refractivity contribution is 0.0530. The van der Waals surface area contributed by atoms with Gasteiger partial charge in [-0.2, -0.15) is 0 Å². The molecule has 2 saturated heterocycles. The van der Waals surface area contributed by atoms with Crippen molar-refractivity contribution < 1.29 is 9.18 Å². The van der Waals surface area contributed by atoms with E-state index in [1.54, 1.807) is 12.1 Å². The highest BCUT2D eigenvalue weighted by Crippen LogP contribution is 2.39. The molecule has 2 heterocycles. The first kappa shape index (κ1) is 12.6. The molecular weight excluding hydrogens is 243 g/mol. The quantitative estimate of drug-likeness (QED) is 0.888. The van der Waals surface area contributed by atoms with Crippen LogP contribution < -0.4 is 5.73 Å². The molecule has 1 aromatic carbocycles. The van der Waals surface area contributed by atoms with E-state index in [9.17, 15) is 9.18 Å². The van der Waals surface area contributed by atoms with E-state index in [1.807, 2.05) is 4.90 Å². The number of halogens is 1. The number of hydrogen-bond acceptors (Lipinski definition) is 2. The minimum atomic E-state index is -0.352. The number of fused-ring (bicyclic) bond motifs is 2. The molecule has 0 spiro atoms. The van der Waals surface area contributed by atoms with Crippen LogP contribution in [0.15, 0.2) is 24.3 Å². The Morgan fingerprint density at radius 2 is 2.00 bits per heavy atom. The number of nitrogens with zero attached hydrogens (tertiary/aromatic N) is 1. The lowest BCUT2D eigenvalue weighted by atomic mass is 9.90. The zero-order chi connectivity index (χ0) is 13.4. The predicted molar refractivity (Wildman–Crippen MR) is 71.2 cm³/mol. The van der Waals surface area contributed by atoms with Crippen molar-refractivity contribution in [2.45, 2.75) is 37.8 Å². The monoisotopic (exact) mass is 262 g/mol. The van der Waals surface area contributed by atoms with Gasteiger partial charge >= 0.3 is 0 Å². The Morgan fingerprint density at radius 3 is 2.58 bits per heavy atom. The molecule has 19 heavy (non-hydrogen) atoms. The average molecular weight is 262 g/mol. The average Bonchev–Trinajstić information content (AvgIpc) is 2.68. The molecule has 1 amide bonds. The normalized spacial score (nSPS) is 29.6. The van der Waals surface area contributed by atoms with Crippen LogP contribution in [0.2, 0.25) is 0 Å². The van der Waals surface area contributed by atoms with Crippen LogP contribution in [0.5, 0.6) is 0 Å². The molecule has 2 aliphatic heterocycles. The van der Waals surface area contributed by atoms with Crippen LogP contribution in [-0.4, -0.2) is 29.4 Å². The Morgan fingerprint density at radius 1 is 1.32 bits per heavy atom. The largest absolute Gasteiger partial charge is 0.333 e. The zero-order valence-electron chi connectivity index (χ0n) is 10.9. The Labute approximate surface area is 112 Å². The fraction of sp³-hybridized carbons (Fsp3) is 0.533. The van der Waals surface area contributed by atoms with Gasteiger partial charge in [0, 0.05) is 17.6 Å². The molecule has 0 radical (unpaired) electrons. The van der Waals surface area contributed by atoms with Crippen LogP contribution in [0.1, 0.15) is 36.0 Å². The highest BCUT2D eigenvalue weighted by atomic mass is 19.1. The lowest BCUT2D eigenvalue weighted by Crippen LogP contribution is -2.47. The number of carbonyl (C=O) groups is 1. The van der Waals surface area contributed by atoms with Gasteiger partial charge in [-0.1, -0.05) is 6.07 Å². The van der Waals surface area contributed by atoms with Gasteiger partial charge in [0.15, 0.2) is 0 Å². The van der Waals surface area contributed by atoms with Gasteiger partial charge in [0.05, 0.1) is 0 Å². The number of nitrogens with two attached hydrogens (primary N) is 1. The van der Waals surface area contributed by atoms with Crippen LogP contribution in [0.25, 0.3) is 0 Å². The Balaban J connectivity index is 1.82. The second kappa shape index (κ2) is 4.93. The summed E-state index contributed by atoms with van der Waals surface area (Å²) in [6.45, 7) is 0.703. The molecule has 2 bridgehead atoms. The molecule has 3 rings (SSSR count). The maximum absolute atomic E-state index is 13.2. The summed E-state index contributed by atoms with van der Waals surface area (Å²) in [7, 11) is 0. The second-order valence-electron chi connectivity index (χ2n) is 5.68. The summed E-state index contributed by atoms with van der Waals surface area (Å²) in [5.74, 6) is 0.159. The Hall–Kier alpha value is -1.42. The van der Waals surface area contributed by atoms with E-state index in [0.717, 1.165) is 25.7 Å². The standard InChI is InChI=1S/C15H19FN2O/c16-12-3-1-2-11(8-12)15(19)18-13-4-5-14(18)7-10(6-13)9-17/h1-3,8,10,13-14H,4-7,9,17H2. The summed E-state index contributed by atoms with van der Waals surface area (Å²) in [6.07, 6.45) is 4.10. The van der Waals surface area contributed by atoms with Gasteiger partial charge in [-0.15, -0.1) is 0 Å². The van der Waals surface area contributed by atoms with E-state index < -0.39 is 0 Å². The number of piperidine rings is 1. The molecule has 2 aliphatic rings. The van der Waals surface area contributed by atoms with E-state index >= 15 is 0 Å². The predicted octanol–water partition coefficient (Wildman–Crippen LogP) is 2.17. The third kappa shape index (κ3) is 2.25. The number of hydrogen-bond donors (Lipinski definition) is 1. The third-order valence-corrected chi connectivity index (χ3v) is 4.47. The van der Waals surface area contributed by atoms with Crippen LogP contribution in [0.3, 0.4) is 0 Å². The van der Waals surface area contributed by atoms with Crippen molar-refractivity contribution in [3.05, 3.63) is 35.6 Å². The number of rotatable bonds is 2. The molecular formula is C15H19FN2O. The van der Waals surface area contributed by atoms with Gasteiger partial charge in [0.2, 0.25) is 0 Å². The highest BCUT2D eigenvalue weighted by Gasteiger charge is 2.42. The van der Waals surface area contributed by atoms with Crippen LogP contribution in [-0.2, 0) is 0 Å². The fourth-order valence-corrected chi connectivity index (χ4v) is 3.58. The minimum Gasteiger partial charge on any atom is -0.333 e. The zero-order valence-corrected chi connectivity index (χ0v) is 10.9. The summed E-state index contributed by atoms with van der Waals surface area (Å²) in [5.41, 5.74) is 6.22. The maximum atomic E-state index is 13.2. The smallest absolute Gasteiger partial charge is 0.254 e. The summed E-state index contributed by atoms with van der Waals surface area (Å²) in [6, 6.07) is 6.57. The van der Waals surface area contributed by atoms with E-state index in [1.165, 1.54) is 12.1 Å². The van der Waals surface area contributed by atoms with Gasteiger partial charge < -0.3 is 10.6 Å². The van der Waals surface area contributed by atoms with E-state index in [2.05, 4.69) is 0 Å². The molecule has 102 valence electrons. The molecule has 2 unspecified atom stereocenters. The van der Waals surface area contributed by atoms with Crippen molar-refractivity contribution in [3.8, 4) is 0 Å². The topological polar surface area (TPSA) is 46.3 Å². The molecule has 2 fully saturated rings. The van der Waals surface area contributed by atoms with Gasteiger partial charge in [-0.3, -0.25) is 4.79 Å². The maximum Gasteiger partial charge on any atom is 0.254 e. The minimum absolute atomic E-state index is 0.0255. The Kier molecular flexibility index (Phi) is 3.27. The first-order valence-corrected chi connectivity index (χ1v) is 6.97. The summed E-state index contributed by atoms with van der Waals surface area (Å²) in [4.78, 5) is 14.5. The fourth-order valence-electron chi connectivity index (χ4n) is 3.58. The first-order valence-electron chi connectivity index (χ1n) is 6.97. The van der Waals surface area contributed by atoms with Crippen molar-refractivity contribution in [1.29, 1.82) is 0 Å². The molecule has 3 nitrogen and oxygen atoms in total. The molecule has 1 aromatic rings. The lowest BCUT2D eigenvalue weighted by Gasteiger charge is -2.38. The third-order valence-electron chi connectivity index (χ3n) is 4.47. The van der Waals surface area contributed by atoms with Crippen LogP contribution >= 0.6 is 0 Å². The van der Waals surface area contributed by atoms with Gasteiger partial charge in [-0.25, -0.2) is 4.39 Å². The van der Waals surface area contributed by atoms with Gasteiger partial charge in [-0.05, 0) is 56.3 Å². The number of amides is 1. The molecule has 0 saturated carbocycles. The number of benzene rings is 1. The number of carbonyl (C=O) groups excluding carboxylic acids is 1. The summed E-state index contributed by atoms with van der Waals surface area (Å²) in [5, 5.41) is 0. The van der Waals surface area contributed by atoms with Crippen molar-refractivity contribution in [2.75, 3.05) is 6.54 Å². The van der Waals surface area contributed by atoms with Crippen molar-refractivity contribution in [1.82, 2.24) is 4.90 Å². The second-order valence-corrected chi connectivity index (χ2v) is 5.68. The van der Waals surface area contributed by atoms with Gasteiger partial charge in [0.25, 0.3) is 5.91 Å². The molecule has 2 N–H and O–H groups in total. The molecule has 2 atom stereocenters. The van der Waals surface area contributed by atoms with Crippen molar-refractivity contribution in [2.24, 2.45) is 11.7 Å². The van der Waals surface area contributed by atoms with Crippen LogP contribution in [0, 0.1) is 11.7 Å². The van der Waals surface area contributed by atoms with Crippen molar-refractivity contribution in [3.63, 3.8) is 0 Å². The molecule has 4 heteroatoms.